The zero-order valence-electron chi connectivity index (χ0n) is 14.0. The SMILES string of the molecule is C[C@@]1(c2ccccn2)NC(=O)N(Cc2cc(Cl)c3c(c2)OCCO3)C1=O. The third kappa shape index (κ3) is 2.64. The van der Waals surface area contributed by atoms with Gasteiger partial charge >= 0.3 is 6.03 Å². The summed E-state index contributed by atoms with van der Waals surface area (Å²) in [4.78, 5) is 30.7. The minimum atomic E-state index is -1.20. The van der Waals surface area contributed by atoms with Gasteiger partial charge in [0, 0.05) is 6.20 Å². The first-order chi connectivity index (χ1) is 12.5. The highest BCUT2D eigenvalue weighted by Gasteiger charge is 2.49. The van der Waals surface area contributed by atoms with Crippen molar-refractivity contribution in [2.24, 2.45) is 0 Å². The minimum absolute atomic E-state index is 0.0729. The molecule has 3 heterocycles. The van der Waals surface area contributed by atoms with Crippen molar-refractivity contribution in [2.45, 2.75) is 19.0 Å². The second-order valence-corrected chi connectivity index (χ2v) is 6.67. The largest absolute Gasteiger partial charge is 0.486 e. The van der Waals surface area contributed by atoms with Crippen molar-refractivity contribution in [3.8, 4) is 11.5 Å². The molecule has 0 radical (unpaired) electrons. The van der Waals surface area contributed by atoms with Crippen LogP contribution in [0.5, 0.6) is 11.5 Å². The zero-order valence-corrected chi connectivity index (χ0v) is 14.7. The van der Waals surface area contributed by atoms with Gasteiger partial charge in [-0.1, -0.05) is 17.7 Å². The van der Waals surface area contributed by atoms with Crippen LogP contribution in [0, 0.1) is 0 Å². The van der Waals surface area contributed by atoms with Gasteiger partial charge in [0.15, 0.2) is 17.0 Å². The van der Waals surface area contributed by atoms with E-state index in [9.17, 15) is 9.59 Å². The van der Waals surface area contributed by atoms with E-state index in [4.69, 9.17) is 21.1 Å². The highest BCUT2D eigenvalue weighted by Crippen LogP contribution is 2.39. The van der Waals surface area contributed by atoms with E-state index < -0.39 is 11.6 Å². The minimum Gasteiger partial charge on any atom is -0.486 e. The summed E-state index contributed by atoms with van der Waals surface area (Å²) in [5.74, 6) is 0.627. The number of benzene rings is 1. The van der Waals surface area contributed by atoms with Gasteiger partial charge in [0.25, 0.3) is 5.91 Å². The topological polar surface area (TPSA) is 80.8 Å². The zero-order chi connectivity index (χ0) is 18.3. The van der Waals surface area contributed by atoms with Gasteiger partial charge in [0.05, 0.1) is 17.3 Å². The molecule has 134 valence electrons. The second kappa shape index (κ2) is 6.17. The number of ether oxygens (including phenoxy) is 2. The first kappa shape index (κ1) is 16.7. The molecule has 0 bridgehead atoms. The Balaban J connectivity index is 1.62. The second-order valence-electron chi connectivity index (χ2n) is 6.26. The number of carbonyl (C=O) groups excluding carboxylic acids is 2. The molecule has 2 aliphatic rings. The summed E-state index contributed by atoms with van der Waals surface area (Å²) in [5, 5.41) is 3.12. The fourth-order valence-corrected chi connectivity index (χ4v) is 3.40. The molecule has 1 fully saturated rings. The number of aromatic nitrogens is 1. The van der Waals surface area contributed by atoms with Gasteiger partial charge in [-0.3, -0.25) is 14.7 Å². The molecule has 26 heavy (non-hydrogen) atoms. The van der Waals surface area contributed by atoms with Crippen molar-refractivity contribution in [3.05, 3.63) is 52.8 Å². The molecule has 2 aromatic rings. The van der Waals surface area contributed by atoms with Crippen LogP contribution < -0.4 is 14.8 Å². The van der Waals surface area contributed by atoms with Crippen molar-refractivity contribution in [2.75, 3.05) is 13.2 Å². The van der Waals surface area contributed by atoms with Crippen LogP contribution in [-0.4, -0.2) is 35.0 Å². The quantitative estimate of drug-likeness (QED) is 0.836. The summed E-state index contributed by atoms with van der Waals surface area (Å²) >= 11 is 6.24. The molecule has 0 unspecified atom stereocenters. The van der Waals surface area contributed by atoms with E-state index in [1.807, 2.05) is 0 Å². The number of rotatable bonds is 3. The van der Waals surface area contributed by atoms with Crippen LogP contribution in [0.1, 0.15) is 18.2 Å². The Bertz CT molecular complexity index is 890. The summed E-state index contributed by atoms with van der Waals surface area (Å²) in [6, 6.07) is 8.17. The molecule has 8 heteroatoms. The first-order valence-electron chi connectivity index (χ1n) is 8.13. The number of fused-ring (bicyclic) bond motifs is 1. The fourth-order valence-electron chi connectivity index (χ4n) is 3.11. The highest BCUT2D eigenvalue weighted by atomic mass is 35.5. The smallest absolute Gasteiger partial charge is 0.325 e. The number of carbonyl (C=O) groups is 2. The van der Waals surface area contributed by atoms with E-state index in [2.05, 4.69) is 10.3 Å². The van der Waals surface area contributed by atoms with Crippen LogP contribution in [0.15, 0.2) is 36.5 Å². The summed E-state index contributed by atoms with van der Waals surface area (Å²) in [7, 11) is 0. The molecule has 0 spiro atoms. The van der Waals surface area contributed by atoms with Crippen molar-refractivity contribution >= 4 is 23.5 Å². The molecule has 1 atom stereocenters. The fraction of sp³-hybridized carbons (Fsp3) is 0.278. The maximum atomic E-state index is 12.9. The number of nitrogens with one attached hydrogen (secondary N) is 1. The van der Waals surface area contributed by atoms with Gasteiger partial charge in [-0.05, 0) is 36.8 Å². The maximum absolute atomic E-state index is 12.9. The Morgan fingerprint density at radius 2 is 2.08 bits per heavy atom. The average molecular weight is 374 g/mol. The van der Waals surface area contributed by atoms with Crippen molar-refractivity contribution in [3.63, 3.8) is 0 Å². The van der Waals surface area contributed by atoms with E-state index in [0.717, 1.165) is 4.90 Å². The molecule has 2 aliphatic heterocycles. The van der Waals surface area contributed by atoms with Gasteiger partial charge in [-0.25, -0.2) is 4.79 Å². The lowest BCUT2D eigenvalue weighted by Gasteiger charge is -2.22. The Labute approximate surface area is 154 Å². The van der Waals surface area contributed by atoms with Gasteiger partial charge in [-0.15, -0.1) is 0 Å². The molecule has 1 aromatic carbocycles. The maximum Gasteiger partial charge on any atom is 0.325 e. The lowest BCUT2D eigenvalue weighted by molar-refractivity contribution is -0.131. The van der Waals surface area contributed by atoms with Crippen LogP contribution in [0.2, 0.25) is 5.02 Å². The first-order valence-corrected chi connectivity index (χ1v) is 8.50. The van der Waals surface area contributed by atoms with E-state index >= 15 is 0 Å². The van der Waals surface area contributed by atoms with Gasteiger partial charge < -0.3 is 14.8 Å². The van der Waals surface area contributed by atoms with Crippen LogP contribution in [0.25, 0.3) is 0 Å². The van der Waals surface area contributed by atoms with E-state index in [0.29, 0.717) is 41.0 Å². The lowest BCUT2D eigenvalue weighted by atomic mass is 9.97. The number of nitrogens with zero attached hydrogens (tertiary/aromatic N) is 2. The predicted octanol–water partition coefficient (Wildman–Crippen LogP) is 2.47. The molecule has 1 saturated heterocycles. The summed E-state index contributed by atoms with van der Waals surface area (Å²) in [6.45, 7) is 2.57. The molecule has 3 amide bonds. The van der Waals surface area contributed by atoms with E-state index in [1.165, 1.54) is 0 Å². The van der Waals surface area contributed by atoms with Crippen LogP contribution in [0.3, 0.4) is 0 Å². The third-order valence-electron chi connectivity index (χ3n) is 4.45. The van der Waals surface area contributed by atoms with Crippen LogP contribution in [0.4, 0.5) is 4.79 Å². The molecule has 4 rings (SSSR count). The van der Waals surface area contributed by atoms with Crippen molar-refractivity contribution < 1.29 is 19.1 Å². The van der Waals surface area contributed by atoms with E-state index in [-0.39, 0.29) is 12.5 Å². The number of imide groups is 1. The predicted molar refractivity (Wildman–Crippen MR) is 93.1 cm³/mol. The van der Waals surface area contributed by atoms with Crippen LogP contribution in [-0.2, 0) is 16.9 Å². The Morgan fingerprint density at radius 3 is 2.85 bits per heavy atom. The number of hydrogen-bond donors (Lipinski definition) is 1. The standard InChI is InChI=1S/C18H16ClN3O4/c1-18(14-4-2-3-5-20-14)16(23)22(17(24)21-18)10-11-8-12(19)15-13(9-11)25-6-7-26-15/h2-5,8-9H,6-7,10H2,1H3,(H,21,24)/t18-/m0/s1. The van der Waals surface area contributed by atoms with E-state index in [1.54, 1.807) is 43.5 Å². The van der Waals surface area contributed by atoms with Crippen molar-refractivity contribution in [1.29, 1.82) is 0 Å². The number of amides is 3. The molecule has 0 aliphatic carbocycles. The monoisotopic (exact) mass is 373 g/mol. The molecule has 7 nitrogen and oxygen atoms in total. The Hall–Kier alpha value is -2.80. The summed E-state index contributed by atoms with van der Waals surface area (Å²) in [5.41, 5.74) is -0.0373. The molecular weight excluding hydrogens is 358 g/mol. The number of hydrogen-bond acceptors (Lipinski definition) is 5. The Morgan fingerprint density at radius 1 is 1.27 bits per heavy atom. The molecule has 0 saturated carbocycles. The lowest BCUT2D eigenvalue weighted by Crippen LogP contribution is -2.41. The number of halogens is 1. The average Bonchev–Trinajstić information content (AvgIpc) is 2.87. The molecular formula is C18H16ClN3O4. The van der Waals surface area contributed by atoms with Gasteiger partial charge in [-0.2, -0.15) is 0 Å². The highest BCUT2D eigenvalue weighted by molar-refractivity contribution is 6.32. The number of pyridine rings is 1. The Kier molecular flexibility index (Phi) is 3.96. The van der Waals surface area contributed by atoms with Gasteiger partial charge in [0.1, 0.15) is 13.2 Å². The third-order valence-corrected chi connectivity index (χ3v) is 4.73. The van der Waals surface area contributed by atoms with Crippen LogP contribution >= 0.6 is 11.6 Å². The molecule has 1 N–H and O–H groups in total. The molecule has 1 aromatic heterocycles. The van der Waals surface area contributed by atoms with Crippen molar-refractivity contribution in [1.82, 2.24) is 15.2 Å². The normalized spacial score (nSPS) is 21.7. The summed E-state index contributed by atoms with van der Waals surface area (Å²) in [6.07, 6.45) is 1.59. The summed E-state index contributed by atoms with van der Waals surface area (Å²) < 4.78 is 11.0. The van der Waals surface area contributed by atoms with Gasteiger partial charge in [0.2, 0.25) is 0 Å². The number of urea groups is 1.